The third-order valence-electron chi connectivity index (χ3n) is 7.19. The van der Waals surface area contributed by atoms with Gasteiger partial charge in [0.25, 0.3) is 0 Å². The zero-order valence-electron chi connectivity index (χ0n) is 31.3. The molecule has 0 N–H and O–H groups in total. The zero-order valence-corrected chi connectivity index (χ0v) is 24.7. The predicted octanol–water partition coefficient (Wildman–Crippen LogP) is 9.58. The van der Waals surface area contributed by atoms with Crippen LogP contribution in [0.1, 0.15) is 34.6 Å². The van der Waals surface area contributed by atoms with Gasteiger partial charge in [-0.3, -0.25) is 4.98 Å². The van der Waals surface area contributed by atoms with Gasteiger partial charge in [-0.25, -0.2) is 0 Å². The Morgan fingerprint density at radius 1 is 0.767 bits per heavy atom. The van der Waals surface area contributed by atoms with Gasteiger partial charge in [-0.05, 0) is 58.6 Å². The van der Waals surface area contributed by atoms with Gasteiger partial charge in [0.1, 0.15) is 0 Å². The van der Waals surface area contributed by atoms with Gasteiger partial charge in [0.2, 0.25) is 0 Å². The van der Waals surface area contributed by atoms with Gasteiger partial charge in [-0.15, -0.1) is 41.5 Å². The summed E-state index contributed by atoms with van der Waals surface area (Å²) in [6, 6.07) is 33.8. The van der Waals surface area contributed by atoms with Crippen LogP contribution in [0.15, 0.2) is 102 Å². The Hall–Kier alpha value is -4.88. The standard InChI is InChI=1S/C24H11N2O.C14H14N.Ir/c25-13-14-7-8-17-20-11-21-19(12-23(20)27-22(17)10-14)16-5-2-1-4-15(16)18-6-3-9-26-24(18)21;1-10-4-6-13(7-5-10)14-8-11(2)12(3)9-15-14;/h1-10,12H;4-6,8-9H,1-3H3;/q2*-1;/i;1D3,2D3,3D3;. The van der Waals surface area contributed by atoms with Crippen molar-refractivity contribution in [1.82, 2.24) is 9.97 Å². The molecular formula is C38H25IrN3O-2. The number of benzene rings is 5. The van der Waals surface area contributed by atoms with Crippen molar-refractivity contribution in [2.45, 2.75) is 20.6 Å². The third-order valence-corrected chi connectivity index (χ3v) is 7.19. The minimum atomic E-state index is -2.61. The SMILES string of the molecule is N#Cc1ccc2c(c1)oc1cc3c([c-]c12)c1ncccc1c1ccccc31.[2H]C([2H])([2H])c1c[c-]c(-c2cc(C([2H])([2H])[2H])c(C([2H])([2H])[2H])cn2)cc1.[Ir]. The predicted molar refractivity (Wildman–Crippen MR) is 170 cm³/mol. The Balaban J connectivity index is 0.000000177. The van der Waals surface area contributed by atoms with E-state index in [4.69, 9.17) is 22.0 Å². The molecule has 0 saturated carbocycles. The minimum Gasteiger partial charge on any atom is -0.500 e. The van der Waals surface area contributed by atoms with Crippen molar-refractivity contribution in [3.05, 3.63) is 132 Å². The molecule has 4 nitrogen and oxygen atoms in total. The monoisotopic (exact) mass is 741 g/mol. The Kier molecular flexibility index (Phi) is 5.13. The average Bonchev–Trinajstić information content (AvgIpc) is 3.46. The number of nitriles is 1. The van der Waals surface area contributed by atoms with Gasteiger partial charge >= 0.3 is 0 Å². The second-order valence-electron chi connectivity index (χ2n) is 9.77. The van der Waals surface area contributed by atoms with E-state index in [1.54, 1.807) is 6.07 Å². The molecule has 3 aromatic heterocycles. The second-order valence-corrected chi connectivity index (χ2v) is 9.77. The summed E-state index contributed by atoms with van der Waals surface area (Å²) in [4.78, 5) is 8.65. The molecule has 1 radical (unpaired) electrons. The molecular weight excluding hydrogens is 707 g/mol. The minimum absolute atomic E-state index is 0. The summed E-state index contributed by atoms with van der Waals surface area (Å²) in [5.41, 5.74) is 3.06. The van der Waals surface area contributed by atoms with E-state index in [1.807, 2.05) is 36.5 Å². The van der Waals surface area contributed by atoms with Crippen molar-refractivity contribution in [3.8, 4) is 17.3 Å². The second kappa shape index (κ2) is 11.4. The maximum absolute atomic E-state index is 9.16. The summed E-state index contributed by atoms with van der Waals surface area (Å²) in [6.07, 6.45) is 2.84. The third kappa shape index (κ3) is 5.06. The molecule has 43 heavy (non-hydrogen) atoms. The van der Waals surface area contributed by atoms with E-state index < -0.39 is 20.6 Å². The topological polar surface area (TPSA) is 62.7 Å². The fraction of sp³-hybridized carbons (Fsp3) is 0.0789. The van der Waals surface area contributed by atoms with Crippen LogP contribution >= 0.6 is 0 Å². The van der Waals surface area contributed by atoms with E-state index in [0.29, 0.717) is 16.7 Å². The molecule has 0 fully saturated rings. The number of fused-ring (bicyclic) bond motifs is 9. The van der Waals surface area contributed by atoms with Crippen molar-refractivity contribution in [2.24, 2.45) is 0 Å². The van der Waals surface area contributed by atoms with Crippen LogP contribution < -0.4 is 0 Å². The van der Waals surface area contributed by atoms with Crippen LogP contribution in [0.25, 0.3) is 65.6 Å². The quantitative estimate of drug-likeness (QED) is 0.124. The maximum Gasteiger partial charge on any atom is 0.0992 e. The fourth-order valence-corrected chi connectivity index (χ4v) is 5.17. The molecule has 0 bridgehead atoms. The normalized spacial score (nSPS) is 14.9. The van der Waals surface area contributed by atoms with E-state index >= 15 is 0 Å². The number of aryl methyl sites for hydroxylation is 3. The fourth-order valence-electron chi connectivity index (χ4n) is 5.17. The summed E-state index contributed by atoms with van der Waals surface area (Å²) >= 11 is 0. The van der Waals surface area contributed by atoms with Crippen LogP contribution in [0.4, 0.5) is 0 Å². The molecule has 0 aliphatic rings. The van der Waals surface area contributed by atoms with Gasteiger partial charge in [-0.1, -0.05) is 83.2 Å². The molecule has 0 saturated heterocycles. The number of aromatic nitrogens is 2. The Bertz CT molecular complexity index is 2670. The first-order valence-corrected chi connectivity index (χ1v) is 13.0. The number of rotatable bonds is 1. The molecule has 0 spiro atoms. The number of nitrogens with zero attached hydrogens (tertiary/aromatic N) is 3. The molecule has 8 aromatic rings. The first-order chi connectivity index (χ1) is 24.1. The molecule has 8 rings (SSSR count). The Morgan fingerprint density at radius 3 is 2.37 bits per heavy atom. The van der Waals surface area contributed by atoms with E-state index in [-0.39, 0.29) is 42.5 Å². The smallest absolute Gasteiger partial charge is 0.0992 e. The first kappa shape index (κ1) is 19.3. The van der Waals surface area contributed by atoms with Crippen LogP contribution in [-0.4, -0.2) is 9.97 Å². The first-order valence-electron chi connectivity index (χ1n) is 17.5. The van der Waals surface area contributed by atoms with Crippen molar-refractivity contribution >= 4 is 54.4 Å². The van der Waals surface area contributed by atoms with E-state index in [9.17, 15) is 0 Å². The average molecular weight is 741 g/mol. The molecule has 3 heterocycles. The molecule has 209 valence electrons. The van der Waals surface area contributed by atoms with Gasteiger partial charge < -0.3 is 9.40 Å². The van der Waals surface area contributed by atoms with Crippen molar-refractivity contribution in [1.29, 1.82) is 5.26 Å². The summed E-state index contributed by atoms with van der Waals surface area (Å²) < 4.78 is 73.0. The maximum atomic E-state index is 9.16. The number of hydrogen-bond acceptors (Lipinski definition) is 4. The summed E-state index contributed by atoms with van der Waals surface area (Å²) in [6.45, 7) is -7.47. The number of hydrogen-bond donors (Lipinski definition) is 0. The van der Waals surface area contributed by atoms with Gasteiger partial charge in [0, 0.05) is 50.4 Å². The van der Waals surface area contributed by atoms with Crippen LogP contribution in [0, 0.1) is 44.0 Å². The number of pyridine rings is 2. The van der Waals surface area contributed by atoms with E-state index in [2.05, 4.69) is 52.4 Å². The summed E-state index contributed by atoms with van der Waals surface area (Å²) in [7, 11) is 0. The Morgan fingerprint density at radius 2 is 1.60 bits per heavy atom. The number of furan rings is 1. The summed E-state index contributed by atoms with van der Waals surface area (Å²) in [5.74, 6) is 0. The van der Waals surface area contributed by atoms with Crippen LogP contribution in [0.2, 0.25) is 0 Å². The van der Waals surface area contributed by atoms with Crippen LogP contribution in [0.3, 0.4) is 0 Å². The molecule has 0 atom stereocenters. The molecule has 0 unspecified atom stereocenters. The molecule has 0 amide bonds. The van der Waals surface area contributed by atoms with E-state index in [0.717, 1.165) is 49.6 Å². The van der Waals surface area contributed by atoms with Gasteiger partial charge in [0.05, 0.1) is 22.8 Å². The largest absolute Gasteiger partial charge is 0.500 e. The molecule has 0 aliphatic carbocycles. The van der Waals surface area contributed by atoms with Crippen LogP contribution in [-0.2, 0) is 20.1 Å². The molecule has 5 heteroatoms. The van der Waals surface area contributed by atoms with Crippen molar-refractivity contribution in [3.63, 3.8) is 0 Å². The molecule has 5 aromatic carbocycles. The Labute approximate surface area is 275 Å². The zero-order chi connectivity index (χ0) is 36.3. The van der Waals surface area contributed by atoms with Crippen molar-refractivity contribution in [2.75, 3.05) is 0 Å². The van der Waals surface area contributed by atoms with Gasteiger partial charge in [0.15, 0.2) is 0 Å². The van der Waals surface area contributed by atoms with E-state index in [1.165, 1.54) is 29.7 Å². The van der Waals surface area contributed by atoms with Gasteiger partial charge in [-0.2, -0.15) is 5.26 Å². The van der Waals surface area contributed by atoms with Crippen molar-refractivity contribution < 1.29 is 36.9 Å². The summed E-state index contributed by atoms with van der Waals surface area (Å²) in [5, 5.41) is 16.5. The van der Waals surface area contributed by atoms with Crippen LogP contribution in [0.5, 0.6) is 0 Å². The molecule has 0 aliphatic heterocycles.